The van der Waals surface area contributed by atoms with Crippen LogP contribution in [0, 0.1) is 0 Å². The second-order valence-electron chi connectivity index (χ2n) is 3.86. The molecule has 0 aliphatic carbocycles. The summed E-state index contributed by atoms with van der Waals surface area (Å²) in [7, 11) is 0. The average Bonchev–Trinajstić information content (AvgIpc) is 2.33. The predicted octanol–water partition coefficient (Wildman–Crippen LogP) is 2.00. The van der Waals surface area contributed by atoms with Crippen LogP contribution < -0.4 is 5.32 Å². The molecule has 18 heavy (non-hydrogen) atoms. The number of anilines is 1. The smallest absolute Gasteiger partial charge is 0.132 e. The van der Waals surface area contributed by atoms with Gasteiger partial charge in [-0.3, -0.25) is 0 Å². The molecule has 0 amide bonds. The minimum Gasteiger partial charge on any atom is -0.394 e. The van der Waals surface area contributed by atoms with Gasteiger partial charge in [0.2, 0.25) is 0 Å². The van der Waals surface area contributed by atoms with E-state index in [9.17, 15) is 0 Å². The highest BCUT2D eigenvalue weighted by Crippen LogP contribution is 2.13. The largest absolute Gasteiger partial charge is 0.394 e. The first kappa shape index (κ1) is 15.3. The molecule has 0 saturated carbocycles. The number of ether oxygens (including phenoxy) is 1. The van der Waals surface area contributed by atoms with E-state index < -0.39 is 0 Å². The van der Waals surface area contributed by atoms with E-state index in [1.807, 2.05) is 6.07 Å². The van der Waals surface area contributed by atoms with Gasteiger partial charge < -0.3 is 15.2 Å². The highest BCUT2D eigenvalue weighted by Gasteiger charge is 2.01. The van der Waals surface area contributed by atoms with E-state index in [2.05, 4.69) is 38.1 Å². The Hall–Kier alpha value is -0.720. The molecule has 0 aliphatic heterocycles. The van der Waals surface area contributed by atoms with Crippen LogP contribution in [0.3, 0.4) is 0 Å². The van der Waals surface area contributed by atoms with E-state index in [0.29, 0.717) is 13.2 Å². The number of hydrogen-bond acceptors (Lipinski definition) is 5. The lowest BCUT2D eigenvalue weighted by molar-refractivity contribution is 0.0922. The summed E-state index contributed by atoms with van der Waals surface area (Å²) in [5.41, 5.74) is 0. The number of nitrogens with one attached hydrogen (secondary N) is 1. The summed E-state index contributed by atoms with van der Waals surface area (Å²) in [6.07, 6.45) is 2.79. The van der Waals surface area contributed by atoms with Gasteiger partial charge in [-0.05, 0) is 28.8 Å². The van der Waals surface area contributed by atoms with Gasteiger partial charge in [-0.25, -0.2) is 9.97 Å². The van der Waals surface area contributed by atoms with E-state index in [0.717, 1.165) is 42.1 Å². The molecule has 0 bridgehead atoms. The Morgan fingerprint density at radius 2 is 2.22 bits per heavy atom. The maximum atomic E-state index is 8.55. The van der Waals surface area contributed by atoms with Crippen molar-refractivity contribution in [3.63, 3.8) is 0 Å². The second kappa shape index (κ2) is 9.24. The van der Waals surface area contributed by atoms with Crippen molar-refractivity contribution in [3.8, 4) is 0 Å². The SMILES string of the molecule is CCCc1nc(Br)cc(NCCCOCCO)n1. The fourth-order valence-corrected chi connectivity index (χ4v) is 1.87. The molecule has 1 aromatic heterocycles. The summed E-state index contributed by atoms with van der Waals surface area (Å²) in [5.74, 6) is 1.69. The molecule has 0 aromatic carbocycles. The number of hydrogen-bond donors (Lipinski definition) is 2. The monoisotopic (exact) mass is 317 g/mol. The maximum absolute atomic E-state index is 8.55. The third-order valence-electron chi connectivity index (χ3n) is 2.22. The van der Waals surface area contributed by atoms with Gasteiger partial charge in [-0.1, -0.05) is 6.92 Å². The van der Waals surface area contributed by atoms with Crippen molar-refractivity contribution in [3.05, 3.63) is 16.5 Å². The van der Waals surface area contributed by atoms with Crippen molar-refractivity contribution in [1.29, 1.82) is 0 Å². The summed E-state index contributed by atoms with van der Waals surface area (Å²) < 4.78 is 5.98. The molecule has 0 spiro atoms. The number of halogens is 1. The van der Waals surface area contributed by atoms with Crippen LogP contribution in [0.25, 0.3) is 0 Å². The number of aliphatic hydroxyl groups excluding tert-OH is 1. The summed E-state index contributed by atoms with van der Waals surface area (Å²) in [6.45, 7) is 4.02. The fourth-order valence-electron chi connectivity index (χ4n) is 1.45. The zero-order chi connectivity index (χ0) is 13.2. The van der Waals surface area contributed by atoms with E-state index in [1.54, 1.807) is 0 Å². The summed E-state index contributed by atoms with van der Waals surface area (Å²) in [4.78, 5) is 8.73. The molecule has 0 saturated heterocycles. The van der Waals surface area contributed by atoms with Crippen LogP contribution >= 0.6 is 15.9 Å². The van der Waals surface area contributed by atoms with Crippen molar-refractivity contribution in [2.24, 2.45) is 0 Å². The van der Waals surface area contributed by atoms with Gasteiger partial charge >= 0.3 is 0 Å². The summed E-state index contributed by atoms with van der Waals surface area (Å²) >= 11 is 3.38. The molecule has 0 fully saturated rings. The molecule has 0 unspecified atom stereocenters. The summed E-state index contributed by atoms with van der Waals surface area (Å²) in [6, 6.07) is 1.87. The van der Waals surface area contributed by atoms with E-state index in [4.69, 9.17) is 9.84 Å². The molecule has 1 rings (SSSR count). The summed E-state index contributed by atoms with van der Waals surface area (Å²) in [5, 5.41) is 11.8. The van der Waals surface area contributed by atoms with Crippen LogP contribution in [0.5, 0.6) is 0 Å². The molecule has 2 N–H and O–H groups in total. The quantitative estimate of drug-likeness (QED) is 0.538. The second-order valence-corrected chi connectivity index (χ2v) is 4.67. The average molecular weight is 318 g/mol. The molecule has 1 heterocycles. The lowest BCUT2D eigenvalue weighted by Crippen LogP contribution is -2.09. The number of aromatic nitrogens is 2. The van der Waals surface area contributed by atoms with Crippen molar-refractivity contribution in [1.82, 2.24) is 9.97 Å². The number of rotatable bonds is 9. The van der Waals surface area contributed by atoms with Crippen LogP contribution in [-0.2, 0) is 11.2 Å². The van der Waals surface area contributed by atoms with Crippen molar-refractivity contribution in [2.75, 3.05) is 31.7 Å². The molecule has 0 atom stereocenters. The molecule has 5 nitrogen and oxygen atoms in total. The van der Waals surface area contributed by atoms with Gasteiger partial charge in [0.25, 0.3) is 0 Å². The van der Waals surface area contributed by atoms with E-state index >= 15 is 0 Å². The molecule has 0 aliphatic rings. The van der Waals surface area contributed by atoms with Crippen LogP contribution in [0.4, 0.5) is 5.82 Å². The minimum absolute atomic E-state index is 0.0761. The Morgan fingerprint density at radius 3 is 2.94 bits per heavy atom. The van der Waals surface area contributed by atoms with E-state index in [-0.39, 0.29) is 6.61 Å². The van der Waals surface area contributed by atoms with Crippen molar-refractivity contribution >= 4 is 21.7 Å². The molecule has 1 aromatic rings. The first-order valence-corrected chi connectivity index (χ1v) is 7.01. The number of aryl methyl sites for hydroxylation is 1. The number of aliphatic hydroxyl groups is 1. The van der Waals surface area contributed by atoms with Gasteiger partial charge in [0.1, 0.15) is 16.2 Å². The Balaban J connectivity index is 2.32. The van der Waals surface area contributed by atoms with Gasteiger partial charge in [0.05, 0.1) is 13.2 Å². The van der Waals surface area contributed by atoms with Crippen molar-refractivity contribution < 1.29 is 9.84 Å². The minimum atomic E-state index is 0.0761. The highest BCUT2D eigenvalue weighted by molar-refractivity contribution is 9.10. The fraction of sp³-hybridized carbons (Fsp3) is 0.667. The molecule has 102 valence electrons. The first-order valence-electron chi connectivity index (χ1n) is 6.22. The van der Waals surface area contributed by atoms with Crippen LogP contribution in [0.2, 0.25) is 0 Å². The zero-order valence-electron chi connectivity index (χ0n) is 10.7. The molecular formula is C12H20BrN3O2. The molecular weight excluding hydrogens is 298 g/mol. The predicted molar refractivity (Wildman–Crippen MR) is 74.7 cm³/mol. The Labute approximate surface area is 116 Å². The molecule has 6 heteroatoms. The van der Waals surface area contributed by atoms with Crippen LogP contribution in [-0.4, -0.2) is 41.4 Å². The van der Waals surface area contributed by atoms with Gasteiger partial charge in [-0.15, -0.1) is 0 Å². The van der Waals surface area contributed by atoms with Gasteiger partial charge in [0, 0.05) is 25.6 Å². The van der Waals surface area contributed by atoms with Crippen molar-refractivity contribution in [2.45, 2.75) is 26.2 Å². The first-order chi connectivity index (χ1) is 8.76. The third-order valence-corrected chi connectivity index (χ3v) is 2.63. The Bertz CT molecular complexity index is 350. The Morgan fingerprint density at radius 1 is 1.39 bits per heavy atom. The van der Waals surface area contributed by atoms with Crippen LogP contribution in [0.15, 0.2) is 10.7 Å². The van der Waals surface area contributed by atoms with Crippen LogP contribution in [0.1, 0.15) is 25.6 Å². The van der Waals surface area contributed by atoms with Gasteiger partial charge in [0.15, 0.2) is 0 Å². The molecule has 0 radical (unpaired) electrons. The lowest BCUT2D eigenvalue weighted by Gasteiger charge is -2.08. The lowest BCUT2D eigenvalue weighted by atomic mass is 10.3. The number of nitrogens with zero attached hydrogens (tertiary/aromatic N) is 2. The topological polar surface area (TPSA) is 67.3 Å². The normalized spacial score (nSPS) is 10.6. The Kier molecular flexibility index (Phi) is 7.88. The maximum Gasteiger partial charge on any atom is 0.132 e. The van der Waals surface area contributed by atoms with Gasteiger partial charge in [-0.2, -0.15) is 0 Å². The highest BCUT2D eigenvalue weighted by atomic mass is 79.9. The van der Waals surface area contributed by atoms with E-state index in [1.165, 1.54) is 0 Å². The zero-order valence-corrected chi connectivity index (χ0v) is 12.2. The third kappa shape index (κ3) is 6.28. The standard InChI is InChI=1S/C12H20BrN3O2/c1-2-4-11-15-10(13)9-12(16-11)14-5-3-7-18-8-6-17/h9,17H,2-8H2,1H3,(H,14,15,16).